The second kappa shape index (κ2) is 6.32. The van der Waals surface area contributed by atoms with Gasteiger partial charge in [-0.25, -0.2) is 9.37 Å². The second-order valence-electron chi connectivity index (χ2n) is 5.87. The fourth-order valence-electron chi connectivity index (χ4n) is 2.75. The Bertz CT molecular complexity index is 1010. The maximum absolute atomic E-state index is 13.4. The topological polar surface area (TPSA) is 66.5 Å². The molecule has 0 aliphatic carbocycles. The number of aromatic amines is 1. The van der Waals surface area contributed by atoms with Gasteiger partial charge in [0.2, 0.25) is 0 Å². The van der Waals surface area contributed by atoms with Gasteiger partial charge in [0.25, 0.3) is 0 Å². The maximum Gasteiger partial charge on any atom is 0.145 e. The van der Waals surface area contributed by atoms with Crippen molar-refractivity contribution in [2.24, 2.45) is 0 Å². The van der Waals surface area contributed by atoms with E-state index in [9.17, 15) is 4.39 Å². The van der Waals surface area contributed by atoms with Crippen molar-refractivity contribution in [2.75, 3.05) is 5.32 Å². The number of nitrogens with zero attached hydrogens (tertiary/aromatic N) is 3. The third-order valence-corrected chi connectivity index (χ3v) is 4.09. The number of anilines is 1. The molecule has 0 aliphatic heterocycles. The summed E-state index contributed by atoms with van der Waals surface area (Å²) in [5, 5.41) is 10.0. The summed E-state index contributed by atoms with van der Waals surface area (Å²) in [6.07, 6.45) is 5.30. The van der Waals surface area contributed by atoms with Gasteiger partial charge in [-0.05, 0) is 42.3 Å². The van der Waals surface area contributed by atoms with E-state index in [0.29, 0.717) is 5.82 Å². The molecule has 0 spiro atoms. The van der Waals surface area contributed by atoms with Crippen molar-refractivity contribution in [3.8, 4) is 11.1 Å². The lowest BCUT2D eigenvalue weighted by Crippen LogP contribution is -2.08. The van der Waals surface area contributed by atoms with Crippen molar-refractivity contribution < 1.29 is 4.39 Å². The van der Waals surface area contributed by atoms with Gasteiger partial charge in [-0.15, -0.1) is 0 Å². The Morgan fingerprint density at radius 1 is 1.04 bits per heavy atom. The molecule has 6 heteroatoms. The number of halogens is 1. The average Bonchev–Trinajstić information content (AvgIpc) is 3.16. The van der Waals surface area contributed by atoms with Crippen molar-refractivity contribution in [1.82, 2.24) is 20.2 Å². The number of hydrogen-bond acceptors (Lipinski definition) is 4. The van der Waals surface area contributed by atoms with E-state index < -0.39 is 0 Å². The Morgan fingerprint density at radius 2 is 1.96 bits per heavy atom. The minimum absolute atomic E-state index is 0.0762. The quantitative estimate of drug-likeness (QED) is 0.583. The Morgan fingerprint density at radius 3 is 2.76 bits per heavy atom. The number of aromatic nitrogens is 4. The highest BCUT2D eigenvalue weighted by Gasteiger charge is 2.09. The van der Waals surface area contributed by atoms with Crippen LogP contribution in [-0.4, -0.2) is 20.2 Å². The van der Waals surface area contributed by atoms with Gasteiger partial charge in [0.05, 0.1) is 29.5 Å². The first-order valence-electron chi connectivity index (χ1n) is 7.97. The van der Waals surface area contributed by atoms with E-state index in [2.05, 4.69) is 25.5 Å². The minimum atomic E-state index is -0.248. The second-order valence-corrected chi connectivity index (χ2v) is 5.87. The maximum atomic E-state index is 13.4. The van der Waals surface area contributed by atoms with Crippen LogP contribution in [0.1, 0.15) is 18.5 Å². The first-order chi connectivity index (χ1) is 12.2. The van der Waals surface area contributed by atoms with Crippen LogP contribution < -0.4 is 5.32 Å². The van der Waals surface area contributed by atoms with Crippen LogP contribution in [0.25, 0.3) is 22.2 Å². The number of nitrogens with one attached hydrogen (secondary N) is 2. The molecule has 124 valence electrons. The molecule has 2 N–H and O–H groups in total. The Kier molecular flexibility index (Phi) is 3.85. The normalized spacial score (nSPS) is 12.2. The van der Waals surface area contributed by atoms with Gasteiger partial charge in [-0.1, -0.05) is 18.2 Å². The zero-order valence-electron chi connectivity index (χ0n) is 13.6. The zero-order chi connectivity index (χ0) is 17.2. The van der Waals surface area contributed by atoms with Crippen LogP contribution >= 0.6 is 0 Å². The molecule has 0 amide bonds. The van der Waals surface area contributed by atoms with E-state index in [4.69, 9.17) is 0 Å². The zero-order valence-corrected chi connectivity index (χ0v) is 13.6. The Labute approximate surface area is 144 Å². The molecule has 4 rings (SSSR count). The first-order valence-corrected chi connectivity index (χ1v) is 7.97. The fourth-order valence-corrected chi connectivity index (χ4v) is 2.75. The van der Waals surface area contributed by atoms with E-state index in [1.165, 1.54) is 12.1 Å². The monoisotopic (exact) mass is 333 g/mol. The molecule has 0 saturated carbocycles. The average molecular weight is 333 g/mol. The summed E-state index contributed by atoms with van der Waals surface area (Å²) in [5.74, 6) is 0.405. The highest BCUT2D eigenvalue weighted by Crippen LogP contribution is 2.24. The van der Waals surface area contributed by atoms with Crippen LogP contribution in [0.4, 0.5) is 10.2 Å². The van der Waals surface area contributed by atoms with Gasteiger partial charge in [0.1, 0.15) is 11.6 Å². The molecule has 2 aromatic carbocycles. The molecule has 0 bridgehead atoms. The summed E-state index contributed by atoms with van der Waals surface area (Å²) in [6, 6.07) is 12.4. The van der Waals surface area contributed by atoms with Crippen LogP contribution in [0.5, 0.6) is 0 Å². The van der Waals surface area contributed by atoms with Crippen molar-refractivity contribution in [1.29, 1.82) is 0 Å². The molecule has 25 heavy (non-hydrogen) atoms. The summed E-state index contributed by atoms with van der Waals surface area (Å²) in [4.78, 5) is 9.08. The summed E-state index contributed by atoms with van der Waals surface area (Å²) in [7, 11) is 0. The van der Waals surface area contributed by atoms with Crippen LogP contribution in [0.3, 0.4) is 0 Å². The van der Waals surface area contributed by atoms with Crippen LogP contribution in [0.15, 0.2) is 61.1 Å². The molecule has 0 saturated heterocycles. The van der Waals surface area contributed by atoms with Crippen molar-refractivity contribution in [3.05, 3.63) is 72.4 Å². The van der Waals surface area contributed by atoms with Gasteiger partial charge in [0.15, 0.2) is 0 Å². The standard InChI is InChI=1S/C19H16FN5/c1-12(13-3-2-4-16(20)7-13)24-19-11-21-18-8-14(5-6-17(18)25-19)15-9-22-23-10-15/h2-12H,1H3,(H,22,23)(H,24,25)/t12-/m1/s1. The molecular weight excluding hydrogens is 317 g/mol. The van der Waals surface area contributed by atoms with Gasteiger partial charge in [0, 0.05) is 11.8 Å². The number of fused-ring (bicyclic) bond motifs is 1. The molecule has 0 aliphatic rings. The van der Waals surface area contributed by atoms with E-state index in [0.717, 1.165) is 27.7 Å². The SMILES string of the molecule is C[C@@H](Nc1cnc2cc(-c3cn[nH]c3)ccc2n1)c1cccc(F)c1. The summed E-state index contributed by atoms with van der Waals surface area (Å²) in [6.45, 7) is 1.96. The fraction of sp³-hybridized carbons (Fsp3) is 0.105. The Hall–Kier alpha value is -3.28. The molecule has 1 atom stereocenters. The molecule has 5 nitrogen and oxygen atoms in total. The van der Waals surface area contributed by atoms with Gasteiger partial charge in [-0.3, -0.25) is 10.1 Å². The molecule has 4 aromatic rings. The van der Waals surface area contributed by atoms with Crippen LogP contribution in [0.2, 0.25) is 0 Å². The lowest BCUT2D eigenvalue weighted by Gasteiger charge is -2.15. The summed E-state index contributed by atoms with van der Waals surface area (Å²) < 4.78 is 13.4. The van der Waals surface area contributed by atoms with Crippen molar-refractivity contribution in [3.63, 3.8) is 0 Å². The van der Waals surface area contributed by atoms with Gasteiger partial charge < -0.3 is 5.32 Å². The predicted molar refractivity (Wildman–Crippen MR) is 95.6 cm³/mol. The molecule has 0 unspecified atom stereocenters. The Balaban J connectivity index is 1.60. The third kappa shape index (κ3) is 3.19. The minimum Gasteiger partial charge on any atom is -0.362 e. The van der Waals surface area contributed by atoms with Crippen LogP contribution in [-0.2, 0) is 0 Å². The first kappa shape index (κ1) is 15.3. The largest absolute Gasteiger partial charge is 0.362 e. The molecule has 2 aromatic heterocycles. The third-order valence-electron chi connectivity index (χ3n) is 4.09. The summed E-state index contributed by atoms with van der Waals surface area (Å²) >= 11 is 0. The molecule has 2 heterocycles. The number of hydrogen-bond donors (Lipinski definition) is 2. The van der Waals surface area contributed by atoms with E-state index in [1.807, 2.05) is 37.4 Å². The molecule has 0 radical (unpaired) electrons. The van der Waals surface area contributed by atoms with E-state index in [-0.39, 0.29) is 11.9 Å². The lowest BCUT2D eigenvalue weighted by atomic mass is 10.1. The lowest BCUT2D eigenvalue weighted by molar-refractivity contribution is 0.623. The van der Waals surface area contributed by atoms with Crippen molar-refractivity contribution >= 4 is 16.9 Å². The van der Waals surface area contributed by atoms with Crippen molar-refractivity contribution in [2.45, 2.75) is 13.0 Å². The molecule has 0 fully saturated rings. The van der Waals surface area contributed by atoms with E-state index in [1.54, 1.807) is 18.5 Å². The van der Waals surface area contributed by atoms with E-state index >= 15 is 0 Å². The number of H-pyrrole nitrogens is 1. The number of benzene rings is 2. The molecular formula is C19H16FN5. The smallest absolute Gasteiger partial charge is 0.145 e. The summed E-state index contributed by atoms with van der Waals surface area (Å²) in [5.41, 5.74) is 4.50. The van der Waals surface area contributed by atoms with Gasteiger partial charge >= 0.3 is 0 Å². The highest BCUT2D eigenvalue weighted by atomic mass is 19.1. The highest BCUT2D eigenvalue weighted by molar-refractivity contribution is 5.81. The number of rotatable bonds is 4. The van der Waals surface area contributed by atoms with Gasteiger partial charge in [-0.2, -0.15) is 5.10 Å². The van der Waals surface area contributed by atoms with Crippen LogP contribution in [0, 0.1) is 5.82 Å². The predicted octanol–water partition coefficient (Wildman–Crippen LogP) is 4.33.